The van der Waals surface area contributed by atoms with Crippen molar-refractivity contribution in [2.24, 2.45) is 0 Å². The summed E-state index contributed by atoms with van der Waals surface area (Å²) in [6.07, 6.45) is 2.48. The first-order valence-electron chi connectivity index (χ1n) is 8.59. The summed E-state index contributed by atoms with van der Waals surface area (Å²) in [7, 11) is 2.20. The summed E-state index contributed by atoms with van der Waals surface area (Å²) in [5.41, 5.74) is 0.706. The summed E-state index contributed by atoms with van der Waals surface area (Å²) >= 11 is 3.24. The lowest BCUT2D eigenvalue weighted by Crippen LogP contribution is -2.53. The lowest BCUT2D eigenvalue weighted by Gasteiger charge is -2.41. The van der Waals surface area contributed by atoms with Crippen molar-refractivity contribution in [3.8, 4) is 0 Å². The molecule has 0 N–H and O–H groups in total. The van der Waals surface area contributed by atoms with E-state index in [0.29, 0.717) is 21.4 Å². The minimum atomic E-state index is -0.306. The molecule has 1 aromatic heterocycles. The predicted octanol–water partition coefficient (Wildman–Crippen LogP) is 4.15. The highest BCUT2D eigenvalue weighted by Gasteiger charge is 2.49. The van der Waals surface area contributed by atoms with Crippen LogP contribution in [0.15, 0.2) is 16.6 Å². The van der Waals surface area contributed by atoms with Gasteiger partial charge in [0, 0.05) is 30.6 Å². The average molecular weight is 395 g/mol. The van der Waals surface area contributed by atoms with Crippen LogP contribution in [0.25, 0.3) is 10.9 Å². The van der Waals surface area contributed by atoms with Gasteiger partial charge in [-0.2, -0.15) is 0 Å². The van der Waals surface area contributed by atoms with Crippen LogP contribution in [0, 0.1) is 12.7 Å². The second-order valence-electron chi connectivity index (χ2n) is 6.42. The van der Waals surface area contributed by atoms with E-state index in [9.17, 15) is 4.39 Å². The van der Waals surface area contributed by atoms with Gasteiger partial charge in [0.05, 0.1) is 4.47 Å². The third-order valence-corrected chi connectivity index (χ3v) is 5.59. The van der Waals surface area contributed by atoms with Crippen LogP contribution in [-0.2, 0) is 0 Å². The highest BCUT2D eigenvalue weighted by atomic mass is 79.9. The van der Waals surface area contributed by atoms with Crippen molar-refractivity contribution in [3.63, 3.8) is 0 Å². The topological polar surface area (TPSA) is 32.3 Å². The number of rotatable bonds is 1. The number of benzene rings is 1. The zero-order chi connectivity index (χ0) is 17.5. The number of piperazine rings is 1. The fourth-order valence-electron chi connectivity index (χ4n) is 3.40. The lowest BCUT2D eigenvalue weighted by molar-refractivity contribution is 0.198. The number of fused-ring (bicyclic) bond motifs is 1. The van der Waals surface area contributed by atoms with Gasteiger partial charge in [-0.15, -0.1) is 0 Å². The molecule has 0 atom stereocenters. The average Bonchev–Trinajstić information content (AvgIpc) is 3.36. The Morgan fingerprint density at radius 1 is 1.17 bits per heavy atom. The standard InChI is InChI=1S/C16H18BrFN4.C2H6/c1-10-19-14-11(3-4-12(17)13(14)18)15(20-10)22-8-7-21(2)16(9-22)5-6-16;1-2/h3-4H,5-9H2,1-2H3;1-2H3. The summed E-state index contributed by atoms with van der Waals surface area (Å²) in [6, 6.07) is 3.65. The number of nitrogens with zero attached hydrogens (tertiary/aromatic N) is 4. The van der Waals surface area contributed by atoms with E-state index in [-0.39, 0.29) is 5.82 Å². The normalized spacial score (nSPS) is 19.3. The first kappa shape index (κ1) is 17.5. The monoisotopic (exact) mass is 394 g/mol. The van der Waals surface area contributed by atoms with Crippen LogP contribution in [0.2, 0.25) is 0 Å². The first-order chi connectivity index (χ1) is 11.5. The Hall–Kier alpha value is -1.27. The van der Waals surface area contributed by atoms with Crippen molar-refractivity contribution < 1.29 is 4.39 Å². The molecule has 2 fully saturated rings. The van der Waals surface area contributed by atoms with Gasteiger partial charge >= 0.3 is 0 Å². The zero-order valence-electron chi connectivity index (χ0n) is 14.7. The molecule has 1 aliphatic heterocycles. The minimum Gasteiger partial charge on any atom is -0.353 e. The van der Waals surface area contributed by atoms with Crippen LogP contribution in [-0.4, -0.2) is 47.1 Å². The fourth-order valence-corrected chi connectivity index (χ4v) is 3.72. The number of hydrogen-bond acceptors (Lipinski definition) is 4. The van der Waals surface area contributed by atoms with Crippen LogP contribution in [0.1, 0.15) is 32.5 Å². The van der Waals surface area contributed by atoms with Crippen molar-refractivity contribution in [1.29, 1.82) is 0 Å². The highest BCUT2D eigenvalue weighted by Crippen LogP contribution is 2.44. The molecule has 2 aromatic rings. The van der Waals surface area contributed by atoms with Gasteiger partial charge < -0.3 is 4.90 Å². The molecule has 0 amide bonds. The number of likely N-dealkylation sites (N-methyl/N-ethyl adjacent to an activating group) is 1. The molecule has 4 rings (SSSR count). The third-order valence-electron chi connectivity index (χ3n) is 4.98. The molecule has 1 aliphatic carbocycles. The molecule has 0 bridgehead atoms. The molecule has 0 radical (unpaired) electrons. The summed E-state index contributed by atoms with van der Waals surface area (Å²) in [5.74, 6) is 1.18. The summed E-state index contributed by atoms with van der Waals surface area (Å²) < 4.78 is 14.8. The molecule has 1 saturated heterocycles. The summed E-state index contributed by atoms with van der Waals surface area (Å²) in [4.78, 5) is 13.7. The van der Waals surface area contributed by atoms with Crippen LogP contribution in [0.5, 0.6) is 0 Å². The molecule has 1 spiro atoms. The smallest absolute Gasteiger partial charge is 0.163 e. The Balaban J connectivity index is 0.000000815. The molecule has 0 unspecified atom stereocenters. The van der Waals surface area contributed by atoms with Gasteiger partial charge in [0.25, 0.3) is 0 Å². The van der Waals surface area contributed by atoms with E-state index >= 15 is 0 Å². The van der Waals surface area contributed by atoms with Crippen LogP contribution < -0.4 is 4.90 Å². The molecule has 2 heterocycles. The molecular formula is C18H24BrFN4. The van der Waals surface area contributed by atoms with E-state index in [1.54, 1.807) is 6.07 Å². The number of aryl methyl sites for hydroxylation is 1. The van der Waals surface area contributed by atoms with Crippen LogP contribution in [0.3, 0.4) is 0 Å². The Morgan fingerprint density at radius 2 is 1.88 bits per heavy atom. The van der Waals surface area contributed by atoms with Crippen LogP contribution in [0.4, 0.5) is 10.2 Å². The number of aromatic nitrogens is 2. The summed E-state index contributed by atoms with van der Waals surface area (Å²) in [6.45, 7) is 8.73. The molecule has 4 nitrogen and oxygen atoms in total. The lowest BCUT2D eigenvalue weighted by atomic mass is 10.1. The minimum absolute atomic E-state index is 0.303. The van der Waals surface area contributed by atoms with Gasteiger partial charge in [-0.1, -0.05) is 13.8 Å². The maximum Gasteiger partial charge on any atom is 0.163 e. The molecule has 1 saturated carbocycles. The Kier molecular flexibility index (Phi) is 4.80. The summed E-state index contributed by atoms with van der Waals surface area (Å²) in [5, 5.41) is 0.798. The van der Waals surface area contributed by atoms with Crippen molar-refractivity contribution in [2.75, 3.05) is 31.6 Å². The van der Waals surface area contributed by atoms with Crippen molar-refractivity contribution in [3.05, 3.63) is 28.2 Å². The Bertz CT molecular complexity index is 760. The van der Waals surface area contributed by atoms with Crippen molar-refractivity contribution in [1.82, 2.24) is 14.9 Å². The van der Waals surface area contributed by atoms with E-state index in [1.165, 1.54) is 12.8 Å². The largest absolute Gasteiger partial charge is 0.353 e. The van der Waals surface area contributed by atoms with E-state index in [1.807, 2.05) is 26.8 Å². The van der Waals surface area contributed by atoms with Crippen molar-refractivity contribution in [2.45, 2.75) is 39.2 Å². The SMILES string of the molecule is CC.Cc1nc(N2CCN(C)C3(CC3)C2)c2ccc(Br)c(F)c2n1. The van der Waals surface area contributed by atoms with Gasteiger partial charge in [0.15, 0.2) is 5.82 Å². The number of hydrogen-bond donors (Lipinski definition) is 0. The van der Waals surface area contributed by atoms with E-state index in [0.717, 1.165) is 30.8 Å². The first-order valence-corrected chi connectivity index (χ1v) is 9.38. The molecular weight excluding hydrogens is 371 g/mol. The van der Waals surface area contributed by atoms with E-state index < -0.39 is 0 Å². The molecule has 6 heteroatoms. The number of anilines is 1. The van der Waals surface area contributed by atoms with Gasteiger partial charge in [-0.3, -0.25) is 4.90 Å². The predicted molar refractivity (Wildman–Crippen MR) is 100 cm³/mol. The van der Waals surface area contributed by atoms with Crippen LogP contribution >= 0.6 is 15.9 Å². The highest BCUT2D eigenvalue weighted by molar-refractivity contribution is 9.10. The van der Waals surface area contributed by atoms with E-state index in [4.69, 9.17) is 0 Å². The second-order valence-corrected chi connectivity index (χ2v) is 7.27. The maximum atomic E-state index is 14.4. The second kappa shape index (κ2) is 6.56. The molecule has 24 heavy (non-hydrogen) atoms. The quantitative estimate of drug-likeness (QED) is 0.726. The van der Waals surface area contributed by atoms with Gasteiger partial charge in [0.1, 0.15) is 17.2 Å². The number of halogens is 2. The third kappa shape index (κ3) is 2.90. The zero-order valence-corrected chi connectivity index (χ0v) is 16.3. The van der Waals surface area contributed by atoms with Crippen molar-refractivity contribution >= 4 is 32.7 Å². The molecule has 130 valence electrons. The van der Waals surface area contributed by atoms with E-state index in [2.05, 4.69) is 42.7 Å². The Morgan fingerprint density at radius 3 is 2.54 bits per heavy atom. The molecule has 2 aliphatic rings. The maximum absolute atomic E-state index is 14.4. The Labute approximate surface area is 151 Å². The van der Waals surface area contributed by atoms with Gasteiger partial charge in [-0.25, -0.2) is 14.4 Å². The van der Waals surface area contributed by atoms with Gasteiger partial charge in [0.2, 0.25) is 0 Å². The molecule has 1 aromatic carbocycles. The van der Waals surface area contributed by atoms with Gasteiger partial charge in [-0.05, 0) is 54.9 Å². The fraction of sp³-hybridized carbons (Fsp3) is 0.556.